The molecule has 0 radical (unpaired) electrons. The fraction of sp³-hybridized carbons (Fsp3) is 0.952. The van der Waals surface area contributed by atoms with E-state index in [1.165, 1.54) is 83.4 Å². The molecule has 3 nitrogen and oxygen atoms in total. The summed E-state index contributed by atoms with van der Waals surface area (Å²) >= 11 is 0. The molecule has 1 aliphatic heterocycles. The molecule has 24 heavy (non-hydrogen) atoms. The number of aliphatic imine (C=N–C) groups is 1. The van der Waals surface area contributed by atoms with Crippen LogP contribution in [0.4, 0.5) is 0 Å². The highest BCUT2D eigenvalue weighted by Gasteiger charge is 2.27. The second-order valence-corrected chi connectivity index (χ2v) is 8.25. The molecule has 1 unspecified atom stereocenters. The van der Waals surface area contributed by atoms with Gasteiger partial charge in [-0.2, -0.15) is 0 Å². The smallest absolute Gasteiger partial charge is 0.196 e. The number of guanidine groups is 1. The molecule has 2 aliphatic rings. The van der Waals surface area contributed by atoms with Gasteiger partial charge in [-0.15, -0.1) is 0 Å². The zero-order valence-electron chi connectivity index (χ0n) is 16.8. The van der Waals surface area contributed by atoms with Crippen LogP contribution in [-0.2, 0) is 0 Å². The van der Waals surface area contributed by atoms with E-state index in [0.29, 0.717) is 6.04 Å². The molecular formula is C21H41N3. The molecule has 0 aromatic rings. The molecule has 0 amide bonds. The molecule has 1 atom stereocenters. The molecule has 0 bridgehead atoms. The topological polar surface area (TPSA) is 18.8 Å². The molecule has 0 N–H and O–H groups in total. The summed E-state index contributed by atoms with van der Waals surface area (Å²) in [5, 5.41) is 0. The molecule has 2 fully saturated rings. The van der Waals surface area contributed by atoms with Crippen LogP contribution in [0.5, 0.6) is 0 Å². The van der Waals surface area contributed by atoms with Gasteiger partial charge in [0, 0.05) is 26.2 Å². The van der Waals surface area contributed by atoms with E-state index in [4.69, 9.17) is 4.99 Å². The summed E-state index contributed by atoms with van der Waals surface area (Å²) in [7, 11) is 0. The van der Waals surface area contributed by atoms with Gasteiger partial charge in [-0.1, -0.05) is 46.5 Å². The number of hydrogen-bond acceptors (Lipinski definition) is 1. The Kier molecular flexibility index (Phi) is 8.41. The fourth-order valence-electron chi connectivity index (χ4n) is 4.22. The number of piperidine rings is 1. The van der Waals surface area contributed by atoms with Crippen LogP contribution >= 0.6 is 0 Å². The van der Waals surface area contributed by atoms with Gasteiger partial charge in [-0.25, -0.2) is 4.99 Å². The lowest BCUT2D eigenvalue weighted by atomic mass is 9.88. The normalized spacial score (nSPS) is 23.8. The minimum atomic E-state index is 0.573. The zero-order chi connectivity index (χ0) is 17.4. The highest BCUT2D eigenvalue weighted by atomic mass is 15.4. The lowest BCUT2D eigenvalue weighted by Crippen LogP contribution is -2.50. The number of unbranched alkanes of at least 4 members (excludes halogenated alkanes) is 1. The van der Waals surface area contributed by atoms with E-state index in [1.807, 2.05) is 0 Å². The van der Waals surface area contributed by atoms with Gasteiger partial charge in [0.05, 0.1) is 6.04 Å². The molecule has 1 aliphatic carbocycles. The largest absolute Gasteiger partial charge is 0.343 e. The maximum atomic E-state index is 5.35. The molecule has 0 aromatic carbocycles. The molecule has 0 spiro atoms. The van der Waals surface area contributed by atoms with Crippen molar-refractivity contribution in [2.45, 2.75) is 91.5 Å². The van der Waals surface area contributed by atoms with Gasteiger partial charge < -0.3 is 9.80 Å². The van der Waals surface area contributed by atoms with E-state index in [1.54, 1.807) is 0 Å². The highest BCUT2D eigenvalue weighted by molar-refractivity contribution is 5.80. The summed E-state index contributed by atoms with van der Waals surface area (Å²) in [5.74, 6) is 2.96. The van der Waals surface area contributed by atoms with Crippen LogP contribution in [0.15, 0.2) is 4.99 Å². The first-order chi connectivity index (χ1) is 11.7. The summed E-state index contributed by atoms with van der Waals surface area (Å²) < 4.78 is 0. The SMILES string of the molecule is CCCCN(CC)C(=NC1CCCCC1)N1CCCC(C(C)C)C1. The molecule has 0 aromatic heterocycles. The minimum absolute atomic E-state index is 0.573. The number of rotatable bonds is 6. The van der Waals surface area contributed by atoms with Crippen LogP contribution in [0.25, 0.3) is 0 Å². The lowest BCUT2D eigenvalue weighted by molar-refractivity contribution is 0.189. The van der Waals surface area contributed by atoms with Crippen LogP contribution in [0.2, 0.25) is 0 Å². The third kappa shape index (κ3) is 5.67. The Labute approximate surface area is 150 Å². The van der Waals surface area contributed by atoms with Crippen molar-refractivity contribution in [1.82, 2.24) is 9.80 Å². The zero-order valence-corrected chi connectivity index (χ0v) is 16.8. The monoisotopic (exact) mass is 335 g/mol. The molecule has 2 rings (SSSR count). The van der Waals surface area contributed by atoms with Crippen LogP contribution < -0.4 is 0 Å². The summed E-state index contributed by atoms with van der Waals surface area (Å²) in [6.07, 6.45) is 12.0. The van der Waals surface area contributed by atoms with Crippen molar-refractivity contribution < 1.29 is 0 Å². The first kappa shape index (κ1) is 19.6. The van der Waals surface area contributed by atoms with E-state index < -0.39 is 0 Å². The van der Waals surface area contributed by atoms with Gasteiger partial charge in [-0.05, 0) is 50.9 Å². The molecule has 140 valence electrons. The van der Waals surface area contributed by atoms with Crippen molar-refractivity contribution in [2.75, 3.05) is 26.2 Å². The molecule has 3 heteroatoms. The average molecular weight is 336 g/mol. The second kappa shape index (κ2) is 10.3. The van der Waals surface area contributed by atoms with Crippen molar-refractivity contribution in [3.63, 3.8) is 0 Å². The van der Waals surface area contributed by atoms with E-state index in [0.717, 1.165) is 18.4 Å². The summed E-state index contributed by atoms with van der Waals surface area (Å²) in [6.45, 7) is 14.1. The van der Waals surface area contributed by atoms with Crippen molar-refractivity contribution in [2.24, 2.45) is 16.8 Å². The first-order valence-electron chi connectivity index (χ1n) is 10.7. The van der Waals surface area contributed by atoms with Gasteiger partial charge in [0.1, 0.15) is 0 Å². The molecule has 1 saturated carbocycles. The molecular weight excluding hydrogens is 294 g/mol. The Morgan fingerprint density at radius 1 is 1.08 bits per heavy atom. The maximum Gasteiger partial charge on any atom is 0.196 e. The van der Waals surface area contributed by atoms with Crippen LogP contribution in [0, 0.1) is 11.8 Å². The van der Waals surface area contributed by atoms with Crippen molar-refractivity contribution in [1.29, 1.82) is 0 Å². The standard InChI is InChI=1S/C21H41N3/c1-5-7-15-23(6-2)21(22-20-13-9-8-10-14-20)24-16-11-12-19(17-24)18(3)4/h18-20H,5-17H2,1-4H3. The minimum Gasteiger partial charge on any atom is -0.343 e. The first-order valence-corrected chi connectivity index (χ1v) is 10.7. The van der Waals surface area contributed by atoms with Crippen LogP contribution in [0.1, 0.15) is 85.5 Å². The van der Waals surface area contributed by atoms with Gasteiger partial charge in [0.2, 0.25) is 0 Å². The second-order valence-electron chi connectivity index (χ2n) is 8.25. The average Bonchev–Trinajstić information content (AvgIpc) is 2.62. The Balaban J connectivity index is 2.15. The van der Waals surface area contributed by atoms with Crippen molar-refractivity contribution in [3.05, 3.63) is 0 Å². The number of hydrogen-bond donors (Lipinski definition) is 0. The Bertz CT molecular complexity index is 371. The summed E-state index contributed by atoms with van der Waals surface area (Å²) in [4.78, 5) is 10.6. The fourth-order valence-corrected chi connectivity index (χ4v) is 4.22. The van der Waals surface area contributed by atoms with E-state index in [9.17, 15) is 0 Å². The molecule has 1 heterocycles. The van der Waals surface area contributed by atoms with Gasteiger partial charge in [-0.3, -0.25) is 0 Å². The summed E-state index contributed by atoms with van der Waals surface area (Å²) in [6, 6.07) is 0.573. The third-order valence-corrected chi connectivity index (χ3v) is 6.00. The van der Waals surface area contributed by atoms with Crippen molar-refractivity contribution >= 4 is 5.96 Å². The predicted octanol–water partition coefficient (Wildman–Crippen LogP) is 5.17. The number of nitrogens with zero attached hydrogens (tertiary/aromatic N) is 3. The Morgan fingerprint density at radius 3 is 2.46 bits per heavy atom. The number of likely N-dealkylation sites (tertiary alicyclic amines) is 1. The quantitative estimate of drug-likeness (QED) is 0.493. The van der Waals surface area contributed by atoms with Crippen LogP contribution in [-0.4, -0.2) is 48.0 Å². The van der Waals surface area contributed by atoms with Crippen molar-refractivity contribution in [3.8, 4) is 0 Å². The Hall–Kier alpha value is -0.730. The van der Waals surface area contributed by atoms with E-state index in [-0.39, 0.29) is 0 Å². The highest BCUT2D eigenvalue weighted by Crippen LogP contribution is 2.26. The lowest BCUT2D eigenvalue weighted by Gasteiger charge is -2.41. The van der Waals surface area contributed by atoms with E-state index in [2.05, 4.69) is 37.5 Å². The van der Waals surface area contributed by atoms with Gasteiger partial charge >= 0.3 is 0 Å². The third-order valence-electron chi connectivity index (χ3n) is 6.00. The predicted molar refractivity (Wildman–Crippen MR) is 106 cm³/mol. The maximum absolute atomic E-state index is 5.35. The summed E-state index contributed by atoms with van der Waals surface area (Å²) in [5.41, 5.74) is 0. The van der Waals surface area contributed by atoms with Gasteiger partial charge in [0.25, 0.3) is 0 Å². The van der Waals surface area contributed by atoms with E-state index >= 15 is 0 Å². The molecule has 1 saturated heterocycles. The van der Waals surface area contributed by atoms with Crippen LogP contribution in [0.3, 0.4) is 0 Å². The Morgan fingerprint density at radius 2 is 1.83 bits per heavy atom. The van der Waals surface area contributed by atoms with Gasteiger partial charge in [0.15, 0.2) is 5.96 Å².